The first-order valence-corrected chi connectivity index (χ1v) is 10.5. The summed E-state index contributed by atoms with van der Waals surface area (Å²) in [5.74, 6) is 1.07. The van der Waals surface area contributed by atoms with Crippen LogP contribution in [-0.2, 0) is 4.79 Å². The molecule has 1 aromatic rings. The Morgan fingerprint density at radius 3 is 2.33 bits per heavy atom. The fourth-order valence-corrected chi connectivity index (χ4v) is 3.74. The van der Waals surface area contributed by atoms with E-state index < -0.39 is 0 Å². The lowest BCUT2D eigenvalue weighted by Gasteiger charge is -2.34. The first kappa shape index (κ1) is 21.3. The van der Waals surface area contributed by atoms with Crippen LogP contribution < -0.4 is 9.47 Å². The fraction of sp³-hybridized carbons (Fsp3) is 0.652. The Labute approximate surface area is 163 Å². The van der Waals surface area contributed by atoms with Gasteiger partial charge in [0.2, 0.25) is 0 Å². The van der Waals surface area contributed by atoms with Crippen LogP contribution >= 0.6 is 0 Å². The molecule has 0 unspecified atom stereocenters. The normalized spacial score (nSPS) is 22.0. The molecular weight excluding hydrogens is 338 g/mol. The molecule has 0 N–H and O–H groups in total. The van der Waals surface area contributed by atoms with E-state index in [0.717, 1.165) is 50.7 Å². The smallest absolute Gasteiger partial charge is 0.314 e. The summed E-state index contributed by atoms with van der Waals surface area (Å²) in [4.78, 5) is 12.5. The molecule has 0 aliphatic heterocycles. The quantitative estimate of drug-likeness (QED) is 0.285. The minimum absolute atomic E-state index is 0.0989. The molecule has 0 aromatic heterocycles. The highest BCUT2D eigenvalue weighted by atomic mass is 16.5. The van der Waals surface area contributed by atoms with Crippen LogP contribution in [0, 0.1) is 22.7 Å². The number of ether oxygens (including phenoxy) is 2. The molecule has 0 heterocycles. The molecule has 1 fully saturated rings. The van der Waals surface area contributed by atoms with Crippen LogP contribution in [0.4, 0.5) is 0 Å². The van der Waals surface area contributed by atoms with Gasteiger partial charge in [0.1, 0.15) is 11.5 Å². The molecule has 0 spiro atoms. The monoisotopic (exact) mass is 371 g/mol. The summed E-state index contributed by atoms with van der Waals surface area (Å²) >= 11 is 0. The van der Waals surface area contributed by atoms with Gasteiger partial charge in [0.05, 0.1) is 24.0 Å². The standard InChI is InChI=1S/C23H33NO3/c1-3-5-6-7-14-23(18-24)15-12-19(13-16-23)22(25)27-21-10-8-20(9-11-21)26-17-4-2/h8-11,19H,3-7,12-17H2,1-2H3. The van der Waals surface area contributed by atoms with E-state index in [9.17, 15) is 10.1 Å². The molecule has 2 rings (SSSR count). The molecule has 1 saturated carbocycles. The van der Waals surface area contributed by atoms with Crippen LogP contribution in [0.15, 0.2) is 24.3 Å². The molecular formula is C23H33NO3. The van der Waals surface area contributed by atoms with E-state index in [2.05, 4.69) is 19.9 Å². The maximum Gasteiger partial charge on any atom is 0.314 e. The first-order chi connectivity index (χ1) is 13.1. The van der Waals surface area contributed by atoms with Crippen LogP contribution in [0.2, 0.25) is 0 Å². The van der Waals surface area contributed by atoms with E-state index in [1.807, 2.05) is 12.1 Å². The maximum absolute atomic E-state index is 12.5. The van der Waals surface area contributed by atoms with Crippen molar-refractivity contribution in [3.8, 4) is 17.6 Å². The largest absolute Gasteiger partial charge is 0.494 e. The van der Waals surface area contributed by atoms with Gasteiger partial charge in [0, 0.05) is 0 Å². The van der Waals surface area contributed by atoms with Crippen LogP contribution in [0.5, 0.6) is 11.5 Å². The number of unbranched alkanes of at least 4 members (excludes halogenated alkanes) is 3. The molecule has 1 aliphatic rings. The van der Waals surface area contributed by atoms with Crippen LogP contribution in [0.3, 0.4) is 0 Å². The van der Waals surface area contributed by atoms with Crippen molar-refractivity contribution in [2.45, 2.75) is 78.1 Å². The van der Waals surface area contributed by atoms with Crippen molar-refractivity contribution in [2.24, 2.45) is 11.3 Å². The second-order valence-electron chi connectivity index (χ2n) is 7.72. The van der Waals surface area contributed by atoms with E-state index in [1.165, 1.54) is 19.3 Å². The van der Waals surface area contributed by atoms with Crippen molar-refractivity contribution in [1.29, 1.82) is 5.26 Å². The zero-order valence-corrected chi connectivity index (χ0v) is 16.8. The Morgan fingerprint density at radius 1 is 1.07 bits per heavy atom. The molecule has 0 radical (unpaired) electrons. The third-order valence-corrected chi connectivity index (χ3v) is 5.54. The third kappa shape index (κ3) is 6.57. The molecule has 4 nitrogen and oxygen atoms in total. The second kappa shape index (κ2) is 11.0. The van der Waals surface area contributed by atoms with Gasteiger partial charge in [-0.25, -0.2) is 0 Å². The summed E-state index contributed by atoms with van der Waals surface area (Å²) in [7, 11) is 0. The predicted octanol–water partition coefficient (Wildman–Crippen LogP) is 6.05. The van der Waals surface area contributed by atoms with E-state index >= 15 is 0 Å². The second-order valence-corrected chi connectivity index (χ2v) is 7.72. The lowest BCUT2D eigenvalue weighted by atomic mass is 9.69. The Morgan fingerprint density at radius 2 is 1.74 bits per heavy atom. The van der Waals surface area contributed by atoms with Crippen LogP contribution in [-0.4, -0.2) is 12.6 Å². The number of esters is 1. The number of nitriles is 1. The lowest BCUT2D eigenvalue weighted by molar-refractivity contribution is -0.140. The van der Waals surface area contributed by atoms with E-state index in [4.69, 9.17) is 9.47 Å². The number of rotatable bonds is 10. The zero-order valence-electron chi connectivity index (χ0n) is 16.8. The molecule has 0 saturated heterocycles. The van der Waals surface area contributed by atoms with Gasteiger partial charge in [-0.2, -0.15) is 5.26 Å². The maximum atomic E-state index is 12.5. The summed E-state index contributed by atoms with van der Waals surface area (Å²) in [5, 5.41) is 9.67. The number of nitrogens with zero attached hydrogens (tertiary/aromatic N) is 1. The third-order valence-electron chi connectivity index (χ3n) is 5.54. The Hall–Kier alpha value is -2.02. The van der Waals surface area contributed by atoms with Crippen molar-refractivity contribution in [3.63, 3.8) is 0 Å². The van der Waals surface area contributed by atoms with Gasteiger partial charge in [-0.05, 0) is 62.8 Å². The van der Waals surface area contributed by atoms with Gasteiger partial charge in [0.25, 0.3) is 0 Å². The number of carbonyl (C=O) groups is 1. The highest BCUT2D eigenvalue weighted by molar-refractivity contribution is 5.75. The molecule has 27 heavy (non-hydrogen) atoms. The average Bonchev–Trinajstić information content (AvgIpc) is 2.71. The number of hydrogen-bond acceptors (Lipinski definition) is 4. The molecule has 4 heteroatoms. The summed E-state index contributed by atoms with van der Waals surface area (Å²) in [5.41, 5.74) is -0.233. The average molecular weight is 372 g/mol. The Kier molecular flexibility index (Phi) is 8.64. The number of hydrogen-bond donors (Lipinski definition) is 0. The van der Waals surface area contributed by atoms with Crippen LogP contribution in [0.1, 0.15) is 78.1 Å². The van der Waals surface area contributed by atoms with Gasteiger partial charge in [-0.15, -0.1) is 0 Å². The Balaban J connectivity index is 1.80. The highest BCUT2D eigenvalue weighted by Gasteiger charge is 2.37. The molecule has 0 atom stereocenters. The molecule has 0 amide bonds. The summed E-state index contributed by atoms with van der Waals surface area (Å²) in [6.45, 7) is 4.94. The molecule has 0 bridgehead atoms. The first-order valence-electron chi connectivity index (χ1n) is 10.5. The molecule has 148 valence electrons. The van der Waals surface area contributed by atoms with Crippen molar-refractivity contribution >= 4 is 5.97 Å². The fourth-order valence-electron chi connectivity index (χ4n) is 3.74. The lowest BCUT2D eigenvalue weighted by Crippen LogP contribution is -2.31. The molecule has 1 aromatic carbocycles. The van der Waals surface area contributed by atoms with Gasteiger partial charge in [-0.3, -0.25) is 4.79 Å². The summed E-state index contributed by atoms with van der Waals surface area (Å²) in [6.07, 6.45) is 9.78. The van der Waals surface area contributed by atoms with Gasteiger partial charge in [0.15, 0.2) is 0 Å². The van der Waals surface area contributed by atoms with Gasteiger partial charge < -0.3 is 9.47 Å². The molecule has 1 aliphatic carbocycles. The van der Waals surface area contributed by atoms with Crippen molar-refractivity contribution in [1.82, 2.24) is 0 Å². The minimum Gasteiger partial charge on any atom is -0.494 e. The summed E-state index contributed by atoms with van der Waals surface area (Å²) in [6, 6.07) is 9.77. The SMILES string of the molecule is CCCCCCC1(C#N)CCC(C(=O)Oc2ccc(OCCC)cc2)CC1. The predicted molar refractivity (Wildman–Crippen MR) is 107 cm³/mol. The summed E-state index contributed by atoms with van der Waals surface area (Å²) < 4.78 is 11.1. The number of benzene rings is 1. The Bertz CT molecular complexity index is 610. The van der Waals surface area contributed by atoms with Gasteiger partial charge >= 0.3 is 5.97 Å². The van der Waals surface area contributed by atoms with E-state index in [-0.39, 0.29) is 17.3 Å². The van der Waals surface area contributed by atoms with Gasteiger partial charge in [-0.1, -0.05) is 39.5 Å². The van der Waals surface area contributed by atoms with Crippen molar-refractivity contribution in [3.05, 3.63) is 24.3 Å². The van der Waals surface area contributed by atoms with Crippen molar-refractivity contribution in [2.75, 3.05) is 6.61 Å². The van der Waals surface area contributed by atoms with E-state index in [0.29, 0.717) is 12.4 Å². The minimum atomic E-state index is -0.233. The topological polar surface area (TPSA) is 59.3 Å². The zero-order chi connectivity index (χ0) is 19.5. The van der Waals surface area contributed by atoms with Crippen molar-refractivity contribution < 1.29 is 14.3 Å². The van der Waals surface area contributed by atoms with E-state index in [1.54, 1.807) is 12.1 Å². The van der Waals surface area contributed by atoms with Crippen LogP contribution in [0.25, 0.3) is 0 Å². The highest BCUT2D eigenvalue weighted by Crippen LogP contribution is 2.42. The number of carbonyl (C=O) groups excluding carboxylic acids is 1.